The molecule has 3 aromatic rings. The monoisotopic (exact) mass is 428 g/mol. The molecule has 3 rings (SSSR count). The first-order chi connectivity index (χ1) is 15.6. The Hall–Kier alpha value is -4.19. The standard InChI is InChI=1S/C26H24N2O4/c29-24(32-19-21-12-6-2-7-13-21)16-17-27-26(31)23(18-20-10-4-1-5-11-20)28-25(30)22-14-8-3-9-15-22/h1-15,18H,16-17,19H2,(H,27,31)(H,28,30)/b23-18+. The molecule has 2 N–H and O–H groups in total. The zero-order valence-electron chi connectivity index (χ0n) is 17.5. The van der Waals surface area contributed by atoms with Crippen molar-refractivity contribution in [3.8, 4) is 0 Å². The van der Waals surface area contributed by atoms with Gasteiger partial charge >= 0.3 is 5.97 Å². The molecule has 0 atom stereocenters. The van der Waals surface area contributed by atoms with Gasteiger partial charge in [-0.3, -0.25) is 14.4 Å². The lowest BCUT2D eigenvalue weighted by Crippen LogP contribution is -2.35. The molecule has 3 aromatic carbocycles. The van der Waals surface area contributed by atoms with Crippen LogP contribution in [0, 0.1) is 0 Å². The predicted molar refractivity (Wildman–Crippen MR) is 122 cm³/mol. The van der Waals surface area contributed by atoms with E-state index in [1.54, 1.807) is 36.4 Å². The Morgan fingerprint density at radius 2 is 1.38 bits per heavy atom. The number of amides is 2. The summed E-state index contributed by atoms with van der Waals surface area (Å²) in [6, 6.07) is 27.2. The molecule has 0 saturated carbocycles. The lowest BCUT2D eigenvalue weighted by Gasteiger charge is -2.11. The van der Waals surface area contributed by atoms with Crippen LogP contribution < -0.4 is 10.6 Å². The van der Waals surface area contributed by atoms with Gasteiger partial charge in [0, 0.05) is 12.1 Å². The lowest BCUT2D eigenvalue weighted by molar-refractivity contribution is -0.144. The van der Waals surface area contributed by atoms with Crippen LogP contribution in [0.15, 0.2) is 96.7 Å². The molecule has 0 heterocycles. The second-order valence-electron chi connectivity index (χ2n) is 6.94. The lowest BCUT2D eigenvalue weighted by atomic mass is 10.1. The molecule has 0 fully saturated rings. The van der Waals surface area contributed by atoms with Gasteiger partial charge in [0.15, 0.2) is 0 Å². The van der Waals surface area contributed by atoms with E-state index in [1.807, 2.05) is 60.7 Å². The maximum Gasteiger partial charge on any atom is 0.307 e. The summed E-state index contributed by atoms with van der Waals surface area (Å²) in [6.07, 6.45) is 1.60. The van der Waals surface area contributed by atoms with Crippen LogP contribution >= 0.6 is 0 Å². The highest BCUT2D eigenvalue weighted by molar-refractivity contribution is 6.05. The number of hydrogen-bond donors (Lipinski definition) is 2. The molecule has 2 amide bonds. The summed E-state index contributed by atoms with van der Waals surface area (Å²) in [7, 11) is 0. The highest BCUT2D eigenvalue weighted by atomic mass is 16.5. The van der Waals surface area contributed by atoms with E-state index >= 15 is 0 Å². The Labute approximate surface area is 186 Å². The molecule has 0 aliphatic rings. The van der Waals surface area contributed by atoms with Gasteiger partial charge in [-0.1, -0.05) is 78.9 Å². The van der Waals surface area contributed by atoms with E-state index in [4.69, 9.17) is 4.74 Å². The third-order valence-corrected chi connectivity index (χ3v) is 4.50. The molecule has 0 aliphatic carbocycles. The van der Waals surface area contributed by atoms with E-state index in [-0.39, 0.29) is 25.3 Å². The quantitative estimate of drug-likeness (QED) is 0.402. The molecule has 0 saturated heterocycles. The van der Waals surface area contributed by atoms with Gasteiger partial charge in [-0.2, -0.15) is 0 Å². The van der Waals surface area contributed by atoms with Gasteiger partial charge in [0.25, 0.3) is 11.8 Å². The molecule has 0 aromatic heterocycles. The van der Waals surface area contributed by atoms with Gasteiger partial charge in [0.2, 0.25) is 0 Å². The summed E-state index contributed by atoms with van der Waals surface area (Å²) < 4.78 is 5.21. The zero-order chi connectivity index (χ0) is 22.6. The normalized spacial score (nSPS) is 10.8. The van der Waals surface area contributed by atoms with Crippen molar-refractivity contribution in [2.45, 2.75) is 13.0 Å². The Kier molecular flexibility index (Phi) is 8.34. The molecule has 32 heavy (non-hydrogen) atoms. The van der Waals surface area contributed by atoms with Gasteiger partial charge in [0.05, 0.1) is 6.42 Å². The Morgan fingerprint density at radius 3 is 2.03 bits per heavy atom. The number of nitrogens with one attached hydrogen (secondary N) is 2. The number of benzene rings is 3. The van der Waals surface area contributed by atoms with Crippen molar-refractivity contribution >= 4 is 23.9 Å². The maximum absolute atomic E-state index is 12.7. The number of esters is 1. The van der Waals surface area contributed by atoms with Gasteiger partial charge < -0.3 is 15.4 Å². The van der Waals surface area contributed by atoms with E-state index in [2.05, 4.69) is 10.6 Å². The smallest absolute Gasteiger partial charge is 0.307 e. The first kappa shape index (κ1) is 22.5. The minimum absolute atomic E-state index is 0.0177. The fourth-order valence-corrected chi connectivity index (χ4v) is 2.84. The molecule has 6 nitrogen and oxygen atoms in total. The van der Waals surface area contributed by atoms with Crippen LogP contribution in [0.3, 0.4) is 0 Å². The highest BCUT2D eigenvalue weighted by Gasteiger charge is 2.15. The number of carbonyl (C=O) groups is 3. The second kappa shape index (κ2) is 11.9. The van der Waals surface area contributed by atoms with Crippen molar-refractivity contribution in [3.05, 3.63) is 113 Å². The topological polar surface area (TPSA) is 84.5 Å². The summed E-state index contributed by atoms with van der Waals surface area (Å²) in [5.74, 6) is -1.31. The van der Waals surface area contributed by atoms with Crippen molar-refractivity contribution in [2.75, 3.05) is 6.54 Å². The molecule has 0 radical (unpaired) electrons. The predicted octanol–water partition coefficient (Wildman–Crippen LogP) is 3.71. The van der Waals surface area contributed by atoms with Crippen LogP contribution in [0.5, 0.6) is 0 Å². The highest BCUT2D eigenvalue weighted by Crippen LogP contribution is 2.07. The molecule has 162 valence electrons. The van der Waals surface area contributed by atoms with E-state index in [0.717, 1.165) is 11.1 Å². The van der Waals surface area contributed by atoms with E-state index in [0.29, 0.717) is 5.56 Å². The summed E-state index contributed by atoms with van der Waals surface area (Å²) in [4.78, 5) is 37.2. The van der Waals surface area contributed by atoms with E-state index in [1.165, 1.54) is 0 Å². The maximum atomic E-state index is 12.7. The Balaban J connectivity index is 1.57. The van der Waals surface area contributed by atoms with Crippen LogP contribution in [0.25, 0.3) is 6.08 Å². The summed E-state index contributed by atoms with van der Waals surface area (Å²) in [6.45, 7) is 0.264. The molecular weight excluding hydrogens is 404 g/mol. The Bertz CT molecular complexity index is 1060. The third-order valence-electron chi connectivity index (χ3n) is 4.50. The van der Waals surface area contributed by atoms with Gasteiger partial charge in [-0.25, -0.2) is 0 Å². The van der Waals surface area contributed by atoms with Gasteiger partial charge in [-0.05, 0) is 29.3 Å². The van der Waals surface area contributed by atoms with E-state index < -0.39 is 17.8 Å². The molecule has 0 spiro atoms. The van der Waals surface area contributed by atoms with Crippen LogP contribution in [-0.4, -0.2) is 24.3 Å². The summed E-state index contributed by atoms with van der Waals surface area (Å²) >= 11 is 0. The first-order valence-corrected chi connectivity index (χ1v) is 10.2. The number of rotatable bonds is 9. The second-order valence-corrected chi connectivity index (χ2v) is 6.94. The number of ether oxygens (including phenoxy) is 1. The van der Waals surface area contributed by atoms with Crippen molar-refractivity contribution in [2.24, 2.45) is 0 Å². The van der Waals surface area contributed by atoms with Gasteiger partial charge in [0.1, 0.15) is 12.3 Å². The van der Waals surface area contributed by atoms with Crippen molar-refractivity contribution in [3.63, 3.8) is 0 Å². The summed E-state index contributed by atoms with van der Waals surface area (Å²) in [5.41, 5.74) is 2.17. The van der Waals surface area contributed by atoms with Gasteiger partial charge in [-0.15, -0.1) is 0 Å². The third kappa shape index (κ3) is 7.25. The number of carbonyl (C=O) groups excluding carboxylic acids is 3. The minimum atomic E-state index is -0.492. The summed E-state index contributed by atoms with van der Waals surface area (Å²) in [5, 5.41) is 5.33. The fourth-order valence-electron chi connectivity index (χ4n) is 2.84. The van der Waals surface area contributed by atoms with Crippen LogP contribution in [-0.2, 0) is 20.9 Å². The molecule has 0 aliphatic heterocycles. The molecule has 0 bridgehead atoms. The molecule has 0 unspecified atom stereocenters. The molecule has 6 heteroatoms. The minimum Gasteiger partial charge on any atom is -0.461 e. The fraction of sp³-hybridized carbons (Fsp3) is 0.115. The van der Waals surface area contributed by atoms with Crippen molar-refractivity contribution in [1.82, 2.24) is 10.6 Å². The zero-order valence-corrected chi connectivity index (χ0v) is 17.5. The van der Waals surface area contributed by atoms with E-state index in [9.17, 15) is 14.4 Å². The first-order valence-electron chi connectivity index (χ1n) is 10.2. The number of hydrogen-bond acceptors (Lipinski definition) is 4. The largest absolute Gasteiger partial charge is 0.461 e. The van der Waals surface area contributed by atoms with Crippen LogP contribution in [0.1, 0.15) is 27.9 Å². The van der Waals surface area contributed by atoms with Crippen LogP contribution in [0.4, 0.5) is 0 Å². The van der Waals surface area contributed by atoms with Crippen molar-refractivity contribution < 1.29 is 19.1 Å². The average molecular weight is 428 g/mol. The Morgan fingerprint density at radius 1 is 0.781 bits per heavy atom. The SMILES string of the molecule is O=C(CCNC(=O)/C(=C\c1ccccc1)NC(=O)c1ccccc1)OCc1ccccc1. The van der Waals surface area contributed by atoms with Crippen LogP contribution in [0.2, 0.25) is 0 Å². The molecular formula is C26H24N2O4. The average Bonchev–Trinajstić information content (AvgIpc) is 2.84. The van der Waals surface area contributed by atoms with Crippen molar-refractivity contribution in [1.29, 1.82) is 0 Å².